The summed E-state index contributed by atoms with van der Waals surface area (Å²) in [6, 6.07) is 18.5. The lowest BCUT2D eigenvalue weighted by atomic mass is 9.90. The van der Waals surface area contributed by atoms with E-state index in [2.05, 4.69) is 36.9 Å². The molecule has 23 nitrogen and oxygen atoms in total. The Morgan fingerprint density at radius 1 is 0.701 bits per heavy atom. The summed E-state index contributed by atoms with van der Waals surface area (Å²) in [6.07, 6.45) is 3.91. The lowest BCUT2D eigenvalue weighted by molar-refractivity contribution is -0.143. The van der Waals surface area contributed by atoms with Crippen LogP contribution in [0.2, 0.25) is 0 Å². The molecule has 1 aliphatic heterocycles. The maximum absolute atomic E-state index is 14.6. The van der Waals surface area contributed by atoms with E-state index in [4.69, 9.17) is 23.1 Å². The molecule has 1 aliphatic rings. The molecular formula is C63H93N9O14S. The number of morpholine rings is 1. The van der Waals surface area contributed by atoms with Crippen molar-refractivity contribution in [3.8, 4) is 0 Å². The van der Waals surface area contributed by atoms with Crippen molar-refractivity contribution in [2.75, 3.05) is 66.4 Å². The van der Waals surface area contributed by atoms with Crippen molar-refractivity contribution in [2.45, 2.75) is 166 Å². The molecule has 0 spiro atoms. The number of ether oxygens (including phenoxy) is 4. The molecule has 1 fully saturated rings. The number of carbonyl (C=O) groups is 6. The van der Waals surface area contributed by atoms with Crippen molar-refractivity contribution < 1.29 is 65.4 Å². The molecule has 24 heteroatoms. The number of methoxy groups -OCH3 is 1. The van der Waals surface area contributed by atoms with E-state index in [0.29, 0.717) is 76.8 Å². The number of amides is 5. The molecule has 3 aromatic carbocycles. The van der Waals surface area contributed by atoms with E-state index in [9.17, 15) is 42.3 Å². The average Bonchev–Trinajstić information content (AvgIpc) is 3.61. The van der Waals surface area contributed by atoms with Crippen LogP contribution in [0.5, 0.6) is 0 Å². The van der Waals surface area contributed by atoms with Gasteiger partial charge in [-0.1, -0.05) is 99.6 Å². The zero-order valence-corrected chi connectivity index (χ0v) is 53.1. The van der Waals surface area contributed by atoms with Crippen LogP contribution in [-0.2, 0) is 83.2 Å². The van der Waals surface area contributed by atoms with Gasteiger partial charge in [0.2, 0.25) is 23.6 Å². The van der Waals surface area contributed by atoms with Gasteiger partial charge in [-0.15, -0.1) is 5.10 Å². The van der Waals surface area contributed by atoms with Crippen molar-refractivity contribution in [2.24, 2.45) is 11.8 Å². The molecule has 0 saturated carbocycles. The summed E-state index contributed by atoms with van der Waals surface area (Å²) in [5.41, 5.74) is -1.26. The van der Waals surface area contributed by atoms with Crippen LogP contribution in [-0.4, -0.2) is 176 Å². The van der Waals surface area contributed by atoms with Gasteiger partial charge in [0.1, 0.15) is 36.0 Å². The number of aromatic nitrogens is 3. The topological polar surface area (TPSA) is 297 Å². The fourth-order valence-electron chi connectivity index (χ4n) is 9.49. The van der Waals surface area contributed by atoms with Crippen LogP contribution in [0.15, 0.2) is 96.0 Å². The van der Waals surface area contributed by atoms with Crippen LogP contribution in [0.1, 0.15) is 122 Å². The van der Waals surface area contributed by atoms with E-state index in [1.165, 1.54) is 18.2 Å². The molecule has 0 bridgehead atoms. The third-order valence-electron chi connectivity index (χ3n) is 14.6. The molecule has 87 heavy (non-hydrogen) atoms. The summed E-state index contributed by atoms with van der Waals surface area (Å²) in [7, 11) is -3.05. The number of nitrogens with zero attached hydrogens (tertiary/aromatic N) is 4. The van der Waals surface area contributed by atoms with Crippen LogP contribution in [0.25, 0.3) is 0 Å². The van der Waals surface area contributed by atoms with Crippen molar-refractivity contribution in [3.05, 3.63) is 114 Å². The quantitative estimate of drug-likeness (QED) is 0.0337. The zero-order chi connectivity index (χ0) is 63.8. The minimum absolute atomic E-state index is 0.00103. The van der Waals surface area contributed by atoms with E-state index in [1.54, 1.807) is 62.2 Å². The molecule has 4 aromatic rings. The second-order valence-electron chi connectivity index (χ2n) is 24.4. The summed E-state index contributed by atoms with van der Waals surface area (Å²) >= 11 is 0. The number of benzene rings is 3. The molecule has 0 aliphatic carbocycles. The summed E-state index contributed by atoms with van der Waals surface area (Å²) < 4.78 is 57.0. The Kier molecular flexibility index (Phi) is 28.1. The van der Waals surface area contributed by atoms with Gasteiger partial charge in [-0.25, -0.2) is 4.68 Å². The SMILES string of the molecule is COCCC(C)(C)OCCC(C)(C)OCCn1cc(CNC(=O)c2cccc(S(=O)(=O)OCC(C)(O)C(=O)[C@H](CC(C)C)NC(=O)[C@H](Cc3ccccc3)NC(=O)[C@H](CC(C)C)NC(=O)[C@H](CCc3ccccc3)NC(=O)CN3CCOCC3)c2)nn1. The Balaban J connectivity index is 1.21. The van der Waals surface area contributed by atoms with E-state index in [1.807, 2.05) is 76.8 Å². The third-order valence-corrected chi connectivity index (χ3v) is 15.9. The lowest BCUT2D eigenvalue weighted by Crippen LogP contribution is -2.60. The molecule has 5 amide bonds. The molecule has 2 heterocycles. The summed E-state index contributed by atoms with van der Waals surface area (Å²) in [5, 5.41) is 34.0. The highest BCUT2D eigenvalue weighted by Gasteiger charge is 2.40. The minimum Gasteiger partial charge on any atom is -0.385 e. The predicted molar refractivity (Wildman–Crippen MR) is 326 cm³/mol. The molecule has 1 aromatic heterocycles. The molecule has 480 valence electrons. The average molecular weight is 1230 g/mol. The fourth-order valence-corrected chi connectivity index (χ4v) is 10.5. The Bertz CT molecular complexity index is 2930. The molecule has 1 unspecified atom stereocenters. The maximum atomic E-state index is 14.6. The summed E-state index contributed by atoms with van der Waals surface area (Å²) in [4.78, 5) is 85.9. The number of hydrogen-bond donors (Lipinski definition) is 6. The molecular weight excluding hydrogens is 1140 g/mol. The first-order valence-electron chi connectivity index (χ1n) is 29.9. The minimum atomic E-state index is -4.71. The Morgan fingerprint density at radius 3 is 1.92 bits per heavy atom. The van der Waals surface area contributed by atoms with Gasteiger partial charge < -0.3 is 50.6 Å². The lowest BCUT2D eigenvalue weighted by Gasteiger charge is -2.30. The molecule has 6 N–H and O–H groups in total. The highest BCUT2D eigenvalue weighted by atomic mass is 32.2. The van der Waals surface area contributed by atoms with E-state index in [-0.39, 0.29) is 67.7 Å². The number of aryl methyl sites for hydroxylation is 1. The summed E-state index contributed by atoms with van der Waals surface area (Å²) in [5.74, 6) is -4.36. The number of ketones is 1. The number of nitrogens with one attached hydrogen (secondary N) is 5. The first-order valence-corrected chi connectivity index (χ1v) is 31.3. The molecule has 5 atom stereocenters. The molecule has 0 radical (unpaired) electrons. The normalized spacial score (nSPS) is 15.4. The Morgan fingerprint density at radius 2 is 1.28 bits per heavy atom. The van der Waals surface area contributed by atoms with Crippen molar-refractivity contribution in [1.29, 1.82) is 0 Å². The molecule has 1 saturated heterocycles. The fraction of sp³-hybridized carbons (Fsp3) is 0.587. The predicted octanol–water partition coefficient (Wildman–Crippen LogP) is 4.49. The number of Topliss-reactive ketones (excluding diaryl/α,β-unsaturated/α-hetero) is 1. The number of aliphatic hydroxyl groups is 1. The largest absolute Gasteiger partial charge is 0.385 e. The zero-order valence-electron chi connectivity index (χ0n) is 52.3. The standard InChI is InChI=1S/C63H93N9O14S/c1-44(2)36-52(56(74)63(9,79)43-86-87(80,81)50-23-17-22-48(39-50)57(75)64-40-49-41-72(70-69-49)30-35-85-62(7,8)27-32-84-61(5,6)26-31-82-10)66-60(78)54(38-47-20-15-12-16-21-47)68-59(77)53(37-45(3)4)67-58(76)51(25-24-46-18-13-11-14-19-46)65-55(73)42-71-28-33-83-34-29-71/h11-23,39,41,44-45,51-54,79H,24-38,40,42-43H2,1-10H3,(H,64,75)(H,65,73)(H,66,78)(H,67,76)(H,68,77)/t51-,52-,53-,54-,63?/m0/s1. The van der Waals surface area contributed by atoms with Gasteiger partial charge in [-0.3, -0.25) is 37.9 Å². The summed E-state index contributed by atoms with van der Waals surface area (Å²) in [6.45, 7) is 19.4. The van der Waals surface area contributed by atoms with Crippen molar-refractivity contribution in [3.63, 3.8) is 0 Å². The van der Waals surface area contributed by atoms with E-state index < -0.39 is 86.4 Å². The second kappa shape index (κ2) is 34.3. The number of carbonyl (C=O) groups excluding carboxylic acids is 6. The highest BCUT2D eigenvalue weighted by Crippen LogP contribution is 2.23. The van der Waals surface area contributed by atoms with Gasteiger partial charge in [0, 0.05) is 38.8 Å². The van der Waals surface area contributed by atoms with Gasteiger partial charge >= 0.3 is 0 Å². The van der Waals surface area contributed by atoms with Crippen molar-refractivity contribution >= 4 is 45.4 Å². The van der Waals surface area contributed by atoms with Crippen LogP contribution in [0.4, 0.5) is 0 Å². The third kappa shape index (κ3) is 25.3. The van der Waals surface area contributed by atoms with E-state index >= 15 is 0 Å². The van der Waals surface area contributed by atoms with Gasteiger partial charge in [0.25, 0.3) is 16.0 Å². The molecule has 5 rings (SSSR count). The van der Waals surface area contributed by atoms with Gasteiger partial charge in [0.05, 0.1) is 74.4 Å². The van der Waals surface area contributed by atoms with Gasteiger partial charge in [-0.05, 0) is 114 Å². The van der Waals surface area contributed by atoms with Crippen LogP contribution < -0.4 is 26.6 Å². The first-order chi connectivity index (χ1) is 41.1. The van der Waals surface area contributed by atoms with Gasteiger partial charge in [0.15, 0.2) is 5.78 Å². The van der Waals surface area contributed by atoms with Crippen LogP contribution >= 0.6 is 0 Å². The highest BCUT2D eigenvalue weighted by molar-refractivity contribution is 7.86. The van der Waals surface area contributed by atoms with Crippen molar-refractivity contribution in [1.82, 2.24) is 46.5 Å². The number of rotatable bonds is 38. The Labute approximate surface area is 513 Å². The van der Waals surface area contributed by atoms with Crippen LogP contribution in [0.3, 0.4) is 0 Å². The smallest absolute Gasteiger partial charge is 0.297 e. The van der Waals surface area contributed by atoms with Crippen LogP contribution in [0, 0.1) is 11.8 Å². The second-order valence-corrected chi connectivity index (χ2v) is 26.0. The Hall–Kier alpha value is -6.51. The first kappa shape index (κ1) is 71.2. The monoisotopic (exact) mass is 1230 g/mol. The number of hydrogen-bond acceptors (Lipinski definition) is 17. The van der Waals surface area contributed by atoms with E-state index in [0.717, 1.165) is 25.0 Å². The van der Waals surface area contributed by atoms with Gasteiger partial charge in [-0.2, -0.15) is 8.42 Å². The maximum Gasteiger partial charge on any atom is 0.297 e.